The van der Waals surface area contributed by atoms with Crippen molar-refractivity contribution in [1.29, 1.82) is 5.26 Å². The summed E-state index contributed by atoms with van der Waals surface area (Å²) in [7, 11) is 0. The zero-order valence-corrected chi connectivity index (χ0v) is 3.66. The molecule has 1 atom stereocenters. The molecule has 0 N–H and O–H groups in total. The second-order valence-corrected chi connectivity index (χ2v) is 1.25. The third-order valence-electron chi connectivity index (χ3n) is 0.726. The Morgan fingerprint density at radius 3 is 3.14 bits per heavy atom. The molecule has 36 valence electrons. The van der Waals surface area contributed by atoms with Gasteiger partial charge in [-0.05, 0) is 0 Å². The summed E-state index contributed by atoms with van der Waals surface area (Å²) >= 11 is 0. The van der Waals surface area contributed by atoms with Gasteiger partial charge in [-0.3, -0.25) is 0 Å². The first-order chi connectivity index (χ1) is 3.43. The molecule has 0 radical (unpaired) electrons. The Morgan fingerprint density at radius 1 is 2.00 bits per heavy atom. The smallest absolute Gasteiger partial charge is 0.217 e. The molecule has 1 unspecified atom stereocenters. The van der Waals surface area contributed by atoms with Crippen LogP contribution in [0.25, 0.3) is 0 Å². The average Bonchev–Trinajstić information content (AvgIpc) is 2.14. The molecular weight excluding hydrogens is 92.1 g/mol. The zero-order valence-electron chi connectivity index (χ0n) is 3.66. The summed E-state index contributed by atoms with van der Waals surface area (Å²) < 4.78 is 0. The van der Waals surface area contributed by atoms with E-state index < -0.39 is 0 Å². The average molecular weight is 96.1 g/mol. The van der Waals surface area contributed by atoms with Gasteiger partial charge in [0.05, 0.1) is 0 Å². The summed E-state index contributed by atoms with van der Waals surface area (Å²) in [5.74, 6) is 0. The lowest BCUT2D eigenvalue weighted by atomic mass is 10.3. The van der Waals surface area contributed by atoms with Gasteiger partial charge in [-0.1, -0.05) is 5.16 Å². The van der Waals surface area contributed by atoms with Gasteiger partial charge in [0.25, 0.3) is 0 Å². The Bertz CT molecular complexity index is 116. The van der Waals surface area contributed by atoms with E-state index in [1.807, 2.05) is 6.07 Å². The van der Waals surface area contributed by atoms with Crippen molar-refractivity contribution < 1.29 is 4.84 Å². The maximum Gasteiger partial charge on any atom is 0.217 e. The summed E-state index contributed by atoms with van der Waals surface area (Å²) in [6, 6.07) is 1.92. The van der Waals surface area contributed by atoms with Gasteiger partial charge in [0.1, 0.15) is 6.07 Å². The highest BCUT2D eigenvalue weighted by molar-refractivity contribution is 5.59. The number of rotatable bonds is 0. The monoisotopic (exact) mass is 96.0 g/mol. The topological polar surface area (TPSA) is 45.4 Å². The number of nitriles is 1. The van der Waals surface area contributed by atoms with E-state index in [0.29, 0.717) is 6.42 Å². The molecule has 7 heavy (non-hydrogen) atoms. The summed E-state index contributed by atoms with van der Waals surface area (Å²) in [5, 5.41) is 11.5. The van der Waals surface area contributed by atoms with Crippen LogP contribution in [0.15, 0.2) is 5.16 Å². The lowest BCUT2D eigenvalue weighted by molar-refractivity contribution is 0.125. The molecule has 1 rings (SSSR count). The van der Waals surface area contributed by atoms with Gasteiger partial charge >= 0.3 is 0 Å². The van der Waals surface area contributed by atoms with Crippen LogP contribution in [0.4, 0.5) is 0 Å². The van der Waals surface area contributed by atoms with E-state index in [2.05, 4.69) is 9.99 Å². The third-order valence-corrected chi connectivity index (χ3v) is 0.726. The molecule has 1 aliphatic rings. The lowest BCUT2D eigenvalue weighted by Gasteiger charge is -1.90. The molecule has 0 saturated carbocycles. The summed E-state index contributed by atoms with van der Waals surface area (Å²) in [5.41, 5.74) is 0. The third kappa shape index (κ3) is 0.686. The summed E-state index contributed by atoms with van der Waals surface area (Å²) in [6.07, 6.45) is 1.91. The van der Waals surface area contributed by atoms with Gasteiger partial charge in [-0.2, -0.15) is 5.26 Å². The molecular formula is C4H4N2O. The first-order valence-electron chi connectivity index (χ1n) is 2.01. The van der Waals surface area contributed by atoms with E-state index in [1.165, 1.54) is 0 Å². The molecule has 0 aromatic carbocycles. The molecule has 0 fully saturated rings. The molecule has 0 aromatic heterocycles. The molecule has 0 bridgehead atoms. The van der Waals surface area contributed by atoms with Crippen molar-refractivity contribution in [3.05, 3.63) is 0 Å². The van der Waals surface area contributed by atoms with Crippen molar-refractivity contribution >= 4 is 6.21 Å². The minimum absolute atomic E-state index is 0.319. The molecule has 3 heteroatoms. The molecule has 0 amide bonds. The van der Waals surface area contributed by atoms with Crippen LogP contribution in [0.5, 0.6) is 0 Å². The van der Waals surface area contributed by atoms with Gasteiger partial charge < -0.3 is 4.84 Å². The van der Waals surface area contributed by atoms with Gasteiger partial charge in [0, 0.05) is 12.6 Å². The van der Waals surface area contributed by atoms with Crippen LogP contribution < -0.4 is 0 Å². The highest BCUT2D eigenvalue weighted by Gasteiger charge is 2.09. The van der Waals surface area contributed by atoms with Crippen molar-refractivity contribution in [3.63, 3.8) is 0 Å². The zero-order chi connectivity index (χ0) is 5.11. The highest BCUT2D eigenvalue weighted by atomic mass is 16.6. The molecule has 0 spiro atoms. The summed E-state index contributed by atoms with van der Waals surface area (Å²) in [4.78, 5) is 4.51. The van der Waals surface area contributed by atoms with Crippen LogP contribution in [0, 0.1) is 11.3 Å². The van der Waals surface area contributed by atoms with Crippen LogP contribution >= 0.6 is 0 Å². The summed E-state index contributed by atoms with van der Waals surface area (Å²) in [6.45, 7) is 0. The van der Waals surface area contributed by atoms with E-state index >= 15 is 0 Å². The second-order valence-electron chi connectivity index (χ2n) is 1.25. The maximum absolute atomic E-state index is 8.11. The molecule has 0 aliphatic carbocycles. The van der Waals surface area contributed by atoms with Crippen molar-refractivity contribution in [3.8, 4) is 6.07 Å². The standard InChI is InChI=1S/C4H4N2O/c5-3-4-1-2-6-7-4/h2,4H,1H2. The molecule has 3 nitrogen and oxygen atoms in total. The maximum atomic E-state index is 8.11. The Morgan fingerprint density at radius 2 is 2.86 bits per heavy atom. The van der Waals surface area contributed by atoms with Crippen molar-refractivity contribution in [1.82, 2.24) is 0 Å². The Kier molecular flexibility index (Phi) is 0.947. The number of hydrogen-bond donors (Lipinski definition) is 0. The van der Waals surface area contributed by atoms with E-state index in [0.717, 1.165) is 0 Å². The van der Waals surface area contributed by atoms with Crippen LogP contribution in [0.1, 0.15) is 6.42 Å². The Balaban J connectivity index is 2.39. The number of oxime groups is 1. The first kappa shape index (κ1) is 4.13. The van der Waals surface area contributed by atoms with Gasteiger partial charge in [0.15, 0.2) is 0 Å². The van der Waals surface area contributed by atoms with Gasteiger partial charge in [-0.25, -0.2) is 0 Å². The van der Waals surface area contributed by atoms with Gasteiger partial charge in [-0.15, -0.1) is 0 Å². The Hall–Kier alpha value is -1.04. The minimum atomic E-state index is -0.319. The molecule has 1 aliphatic heterocycles. The van der Waals surface area contributed by atoms with Gasteiger partial charge in [0.2, 0.25) is 6.10 Å². The fourth-order valence-corrected chi connectivity index (χ4v) is 0.375. The molecule has 0 aromatic rings. The number of hydrogen-bond acceptors (Lipinski definition) is 3. The van der Waals surface area contributed by atoms with Crippen LogP contribution in [-0.4, -0.2) is 12.3 Å². The van der Waals surface area contributed by atoms with Crippen LogP contribution in [0.3, 0.4) is 0 Å². The fraction of sp³-hybridized carbons (Fsp3) is 0.500. The highest BCUT2D eigenvalue weighted by Crippen LogP contribution is 2.00. The SMILES string of the molecule is N#CC1CC=NO1. The molecule has 1 heterocycles. The van der Waals surface area contributed by atoms with Crippen molar-refractivity contribution in [2.75, 3.05) is 0 Å². The predicted octanol–water partition coefficient (Wildman–Crippen LogP) is 0.285. The largest absolute Gasteiger partial charge is 0.377 e. The van der Waals surface area contributed by atoms with E-state index in [9.17, 15) is 0 Å². The fourth-order valence-electron chi connectivity index (χ4n) is 0.375. The van der Waals surface area contributed by atoms with E-state index in [4.69, 9.17) is 5.26 Å². The molecule has 0 saturated heterocycles. The number of nitrogens with zero attached hydrogens (tertiary/aromatic N) is 2. The van der Waals surface area contributed by atoms with Crippen LogP contribution in [0.2, 0.25) is 0 Å². The predicted molar refractivity (Wildman–Crippen MR) is 23.6 cm³/mol. The minimum Gasteiger partial charge on any atom is -0.377 e. The normalized spacial score (nSPS) is 26.4. The van der Waals surface area contributed by atoms with E-state index in [1.54, 1.807) is 6.21 Å². The second kappa shape index (κ2) is 1.61. The van der Waals surface area contributed by atoms with Crippen molar-refractivity contribution in [2.24, 2.45) is 5.16 Å². The van der Waals surface area contributed by atoms with Crippen LogP contribution in [-0.2, 0) is 4.84 Å². The quantitative estimate of drug-likeness (QED) is 0.435. The Labute approximate surface area is 41.2 Å². The first-order valence-corrected chi connectivity index (χ1v) is 2.01. The van der Waals surface area contributed by atoms with Crippen molar-refractivity contribution in [2.45, 2.75) is 12.5 Å². The lowest BCUT2D eigenvalue weighted by Crippen LogP contribution is -1.98. The van der Waals surface area contributed by atoms with E-state index in [-0.39, 0.29) is 6.10 Å².